The molecule has 0 aliphatic carbocycles. The molecule has 1 aromatic carbocycles. The van der Waals surface area contributed by atoms with Crippen LogP contribution in [0.5, 0.6) is 11.5 Å². The average molecular weight is 361 g/mol. The lowest BCUT2D eigenvalue weighted by atomic mass is 9.83. The molecule has 0 amide bonds. The van der Waals surface area contributed by atoms with Gasteiger partial charge in [0.15, 0.2) is 0 Å². The number of nitrogens with two attached hydrogens (primary N) is 1. The third-order valence-electron chi connectivity index (χ3n) is 4.12. The molecule has 1 unspecified atom stereocenters. The van der Waals surface area contributed by atoms with E-state index in [1.807, 2.05) is 12.1 Å². The van der Waals surface area contributed by atoms with Crippen LogP contribution in [0, 0.1) is 0 Å². The molecule has 1 atom stereocenters. The summed E-state index contributed by atoms with van der Waals surface area (Å²) in [6, 6.07) is 3.64. The quantitative estimate of drug-likeness (QED) is 0.550. The molecule has 0 aliphatic rings. The Balaban J connectivity index is 3.44. The van der Waals surface area contributed by atoms with Crippen molar-refractivity contribution in [3.63, 3.8) is 0 Å². The maximum atomic E-state index is 5.83. The Kier molecular flexibility index (Phi) is 6.93. The fourth-order valence-corrected chi connectivity index (χ4v) is 3.42. The normalized spacial score (nSPS) is 13.1. The molecule has 0 saturated carbocycles. The average Bonchev–Trinajstić information content (AvgIpc) is 2.52. The van der Waals surface area contributed by atoms with Gasteiger partial charge in [-0.3, -0.25) is 5.84 Å². The van der Waals surface area contributed by atoms with E-state index in [1.165, 1.54) is 0 Å². The van der Waals surface area contributed by atoms with Crippen LogP contribution >= 0.6 is 15.9 Å². The van der Waals surface area contributed by atoms with Crippen LogP contribution in [0.3, 0.4) is 0 Å². The maximum absolute atomic E-state index is 5.83. The summed E-state index contributed by atoms with van der Waals surface area (Å²) in [5.74, 6) is 7.24. The summed E-state index contributed by atoms with van der Waals surface area (Å²) >= 11 is 3.52. The van der Waals surface area contributed by atoms with Crippen molar-refractivity contribution in [2.75, 3.05) is 21.3 Å². The fourth-order valence-electron chi connectivity index (χ4n) is 2.74. The van der Waals surface area contributed by atoms with E-state index in [2.05, 4.69) is 35.2 Å². The molecule has 0 saturated heterocycles. The van der Waals surface area contributed by atoms with Crippen molar-refractivity contribution >= 4 is 15.9 Å². The number of rotatable bonds is 8. The van der Waals surface area contributed by atoms with Crippen LogP contribution in [0.15, 0.2) is 16.6 Å². The first-order chi connectivity index (χ1) is 10.0. The van der Waals surface area contributed by atoms with E-state index in [0.29, 0.717) is 11.5 Å². The first kappa shape index (κ1) is 18.2. The van der Waals surface area contributed by atoms with E-state index in [1.54, 1.807) is 21.3 Å². The van der Waals surface area contributed by atoms with E-state index in [-0.39, 0.29) is 6.04 Å². The minimum Gasteiger partial charge on any atom is -0.495 e. The maximum Gasteiger partial charge on any atom is 0.141 e. The number of hydrazine groups is 1. The summed E-state index contributed by atoms with van der Waals surface area (Å²) in [7, 11) is 4.96. The van der Waals surface area contributed by atoms with Gasteiger partial charge < -0.3 is 14.2 Å². The van der Waals surface area contributed by atoms with Gasteiger partial charge in [-0.2, -0.15) is 0 Å². The Morgan fingerprint density at radius 1 is 1.19 bits per heavy atom. The van der Waals surface area contributed by atoms with Crippen molar-refractivity contribution in [1.82, 2.24) is 5.43 Å². The molecule has 1 rings (SSSR count). The molecule has 0 fully saturated rings. The lowest BCUT2D eigenvalue weighted by molar-refractivity contribution is -0.0491. The molecule has 3 N–H and O–H groups in total. The summed E-state index contributed by atoms with van der Waals surface area (Å²) in [4.78, 5) is 0. The Morgan fingerprint density at radius 2 is 1.81 bits per heavy atom. The van der Waals surface area contributed by atoms with Gasteiger partial charge in [-0.05, 0) is 40.9 Å². The van der Waals surface area contributed by atoms with Crippen LogP contribution in [0.4, 0.5) is 0 Å². The zero-order valence-electron chi connectivity index (χ0n) is 13.3. The zero-order valence-corrected chi connectivity index (χ0v) is 14.9. The molecule has 0 heterocycles. The van der Waals surface area contributed by atoms with Crippen molar-refractivity contribution < 1.29 is 14.2 Å². The fraction of sp³-hybridized carbons (Fsp3) is 0.600. The lowest BCUT2D eigenvalue weighted by Crippen LogP contribution is -2.47. The van der Waals surface area contributed by atoms with Crippen LogP contribution in [-0.4, -0.2) is 26.9 Å². The van der Waals surface area contributed by atoms with Gasteiger partial charge in [-0.1, -0.05) is 13.8 Å². The van der Waals surface area contributed by atoms with Gasteiger partial charge in [0.05, 0.1) is 25.9 Å². The van der Waals surface area contributed by atoms with E-state index in [4.69, 9.17) is 20.1 Å². The predicted molar refractivity (Wildman–Crippen MR) is 87.6 cm³/mol. The number of hydrogen-bond donors (Lipinski definition) is 2. The van der Waals surface area contributed by atoms with Gasteiger partial charge in [0.1, 0.15) is 16.0 Å². The van der Waals surface area contributed by atoms with Crippen molar-refractivity contribution in [3.05, 3.63) is 22.2 Å². The highest BCUT2D eigenvalue weighted by Gasteiger charge is 2.38. The summed E-state index contributed by atoms with van der Waals surface area (Å²) < 4.78 is 17.4. The van der Waals surface area contributed by atoms with E-state index in [0.717, 1.165) is 22.9 Å². The Bertz CT molecular complexity index is 456. The van der Waals surface area contributed by atoms with Crippen LogP contribution in [0.1, 0.15) is 38.3 Å². The highest BCUT2D eigenvalue weighted by Crippen LogP contribution is 2.44. The van der Waals surface area contributed by atoms with Crippen molar-refractivity contribution in [2.45, 2.75) is 38.3 Å². The summed E-state index contributed by atoms with van der Waals surface area (Å²) in [6.45, 7) is 4.17. The van der Waals surface area contributed by atoms with E-state index >= 15 is 0 Å². The zero-order chi connectivity index (χ0) is 16.0. The third-order valence-corrected chi connectivity index (χ3v) is 4.87. The van der Waals surface area contributed by atoms with Gasteiger partial charge in [-0.15, -0.1) is 0 Å². The van der Waals surface area contributed by atoms with Crippen molar-refractivity contribution in [3.8, 4) is 11.5 Å². The molecule has 21 heavy (non-hydrogen) atoms. The second-order valence-electron chi connectivity index (χ2n) is 4.78. The Morgan fingerprint density at radius 3 is 2.19 bits per heavy atom. The minimum absolute atomic E-state index is 0.199. The molecule has 120 valence electrons. The third kappa shape index (κ3) is 3.34. The van der Waals surface area contributed by atoms with Crippen molar-refractivity contribution in [1.29, 1.82) is 0 Å². The minimum atomic E-state index is -0.407. The van der Waals surface area contributed by atoms with Crippen LogP contribution in [-0.2, 0) is 4.74 Å². The second-order valence-corrected chi connectivity index (χ2v) is 5.57. The second kappa shape index (κ2) is 7.98. The van der Waals surface area contributed by atoms with Crippen LogP contribution < -0.4 is 20.7 Å². The molecular formula is C15H25BrN2O3. The van der Waals surface area contributed by atoms with Crippen molar-refractivity contribution in [2.24, 2.45) is 5.84 Å². The first-order valence-corrected chi connectivity index (χ1v) is 7.76. The van der Waals surface area contributed by atoms with Gasteiger partial charge in [0.25, 0.3) is 0 Å². The molecule has 0 spiro atoms. The Labute approximate surface area is 135 Å². The molecule has 0 aliphatic heterocycles. The molecule has 1 aromatic rings. The van der Waals surface area contributed by atoms with E-state index in [9.17, 15) is 0 Å². The highest BCUT2D eigenvalue weighted by atomic mass is 79.9. The lowest BCUT2D eigenvalue weighted by Gasteiger charge is -2.39. The van der Waals surface area contributed by atoms with Crippen LogP contribution in [0.25, 0.3) is 0 Å². The van der Waals surface area contributed by atoms with E-state index < -0.39 is 5.60 Å². The van der Waals surface area contributed by atoms with Gasteiger partial charge in [-0.25, -0.2) is 5.43 Å². The SMILES string of the molecule is CCC(CC)(OC)C(NN)c1ccc(OC)c(Br)c1OC. The monoisotopic (exact) mass is 360 g/mol. The molecule has 5 nitrogen and oxygen atoms in total. The van der Waals surface area contributed by atoms with Crippen LogP contribution in [0.2, 0.25) is 0 Å². The number of halogens is 1. The molecule has 0 bridgehead atoms. The van der Waals surface area contributed by atoms with Gasteiger partial charge in [0.2, 0.25) is 0 Å². The smallest absolute Gasteiger partial charge is 0.141 e. The first-order valence-electron chi connectivity index (χ1n) is 6.96. The van der Waals surface area contributed by atoms with Gasteiger partial charge >= 0.3 is 0 Å². The summed E-state index contributed by atoms with van der Waals surface area (Å²) in [5, 5.41) is 0. The Hall–Kier alpha value is -0.820. The summed E-state index contributed by atoms with van der Waals surface area (Å²) in [5.41, 5.74) is 3.41. The summed E-state index contributed by atoms with van der Waals surface area (Å²) in [6.07, 6.45) is 1.64. The molecule has 0 radical (unpaired) electrons. The number of ether oxygens (including phenoxy) is 3. The predicted octanol–water partition coefficient (Wildman–Crippen LogP) is 3.18. The topological polar surface area (TPSA) is 65.7 Å². The molecule has 6 heteroatoms. The molecule has 0 aromatic heterocycles. The number of nitrogens with one attached hydrogen (secondary N) is 1. The molecular weight excluding hydrogens is 336 g/mol. The number of hydrogen-bond acceptors (Lipinski definition) is 5. The van der Waals surface area contributed by atoms with Gasteiger partial charge in [0, 0.05) is 12.7 Å². The standard InChI is InChI=1S/C15H25BrN2O3/c1-6-15(7-2,21-5)14(18-17)10-8-9-11(19-3)12(16)13(10)20-4/h8-9,14,18H,6-7,17H2,1-5H3. The largest absolute Gasteiger partial charge is 0.495 e. The number of benzene rings is 1. The number of methoxy groups -OCH3 is 3. The highest BCUT2D eigenvalue weighted by molar-refractivity contribution is 9.10.